The van der Waals surface area contributed by atoms with Crippen LogP contribution in [0.4, 0.5) is 0 Å². The first kappa shape index (κ1) is 24.3. The Morgan fingerprint density at radius 2 is 1.72 bits per heavy atom. The topological polar surface area (TPSA) is 82.9 Å². The van der Waals surface area contributed by atoms with Crippen LogP contribution in [-0.4, -0.2) is 61.2 Å². The highest BCUT2D eigenvalue weighted by molar-refractivity contribution is 5.83. The average molecular weight is 486 g/mol. The van der Waals surface area contributed by atoms with Crippen LogP contribution in [0.5, 0.6) is 0 Å². The molecule has 36 heavy (non-hydrogen) atoms. The summed E-state index contributed by atoms with van der Waals surface area (Å²) in [7, 11) is 0. The lowest BCUT2D eigenvalue weighted by Crippen LogP contribution is -2.49. The number of fused-ring (bicyclic) bond motifs is 1. The van der Waals surface area contributed by atoms with Gasteiger partial charge in [0.2, 0.25) is 0 Å². The van der Waals surface area contributed by atoms with Gasteiger partial charge in [-0.3, -0.25) is 14.6 Å². The molecule has 3 heterocycles. The Morgan fingerprint density at radius 3 is 2.42 bits per heavy atom. The molecule has 1 fully saturated rings. The van der Waals surface area contributed by atoms with Gasteiger partial charge in [-0.15, -0.1) is 5.10 Å². The molecule has 0 unspecified atom stereocenters. The third-order valence-corrected chi connectivity index (χ3v) is 7.01. The minimum absolute atomic E-state index is 0.0883. The van der Waals surface area contributed by atoms with Gasteiger partial charge < -0.3 is 4.98 Å². The lowest BCUT2D eigenvalue weighted by atomic mass is 9.99. The largest absolute Gasteiger partial charge is 0.321 e. The van der Waals surface area contributed by atoms with Gasteiger partial charge in [-0.1, -0.05) is 42.0 Å². The maximum atomic E-state index is 13.5. The second-order valence-electron chi connectivity index (χ2n) is 10.9. The zero-order valence-corrected chi connectivity index (χ0v) is 21.8. The van der Waals surface area contributed by atoms with Crippen molar-refractivity contribution in [3.05, 3.63) is 87.0 Å². The van der Waals surface area contributed by atoms with Crippen LogP contribution in [0.1, 0.15) is 54.9 Å². The minimum Gasteiger partial charge on any atom is -0.321 e. The van der Waals surface area contributed by atoms with E-state index in [1.54, 1.807) is 0 Å². The van der Waals surface area contributed by atoms with Gasteiger partial charge in [0.15, 0.2) is 5.82 Å². The molecule has 1 atom stereocenters. The van der Waals surface area contributed by atoms with Crippen molar-refractivity contribution in [3.63, 3.8) is 0 Å². The number of hydrogen-bond donors (Lipinski definition) is 1. The van der Waals surface area contributed by atoms with Gasteiger partial charge in [0.05, 0.1) is 11.1 Å². The van der Waals surface area contributed by atoms with Crippen molar-refractivity contribution in [1.82, 2.24) is 35.0 Å². The number of nitrogens with one attached hydrogen (secondary N) is 1. The summed E-state index contributed by atoms with van der Waals surface area (Å²) >= 11 is 0. The quantitative estimate of drug-likeness (QED) is 0.463. The van der Waals surface area contributed by atoms with Crippen LogP contribution < -0.4 is 5.56 Å². The number of H-pyrrole nitrogens is 1. The molecule has 0 aliphatic carbocycles. The van der Waals surface area contributed by atoms with Crippen molar-refractivity contribution in [2.24, 2.45) is 0 Å². The number of aryl methyl sites for hydroxylation is 2. The van der Waals surface area contributed by atoms with Gasteiger partial charge in [0.1, 0.15) is 6.04 Å². The first-order chi connectivity index (χ1) is 17.2. The lowest BCUT2D eigenvalue weighted by molar-refractivity contribution is 0.0975. The second-order valence-corrected chi connectivity index (χ2v) is 10.9. The predicted molar refractivity (Wildman–Crippen MR) is 142 cm³/mol. The Bertz CT molecular complexity index is 1410. The van der Waals surface area contributed by atoms with Crippen LogP contribution in [0.3, 0.4) is 0 Å². The number of pyridine rings is 1. The SMILES string of the molecule is Cc1cc(C)c2[nH]c(=O)c([C@@H](c3nnnn3C(C)(C)C)N3CCN(Cc4ccccc4)CC3)cc2c1. The molecular weight excluding hydrogens is 450 g/mol. The minimum atomic E-state index is -0.341. The van der Waals surface area contributed by atoms with Gasteiger partial charge in [0, 0.05) is 38.3 Å². The Balaban J connectivity index is 1.53. The first-order valence-corrected chi connectivity index (χ1v) is 12.6. The van der Waals surface area contributed by atoms with Gasteiger partial charge in [-0.2, -0.15) is 0 Å². The number of nitrogens with zero attached hydrogens (tertiary/aromatic N) is 6. The fourth-order valence-electron chi connectivity index (χ4n) is 5.27. The summed E-state index contributed by atoms with van der Waals surface area (Å²) in [5, 5.41) is 13.9. The summed E-state index contributed by atoms with van der Waals surface area (Å²) in [5.41, 5.74) is 4.72. The monoisotopic (exact) mass is 485 g/mol. The van der Waals surface area contributed by atoms with E-state index >= 15 is 0 Å². The van der Waals surface area contributed by atoms with Crippen molar-refractivity contribution in [2.45, 2.75) is 52.7 Å². The number of aromatic amines is 1. The summed E-state index contributed by atoms with van der Waals surface area (Å²) in [6, 6.07) is 16.5. The third kappa shape index (κ3) is 4.83. The molecule has 2 aromatic carbocycles. The molecule has 0 spiro atoms. The molecule has 1 saturated heterocycles. The van der Waals surface area contributed by atoms with Crippen LogP contribution in [0.25, 0.3) is 10.9 Å². The van der Waals surface area contributed by atoms with E-state index in [9.17, 15) is 4.79 Å². The van der Waals surface area contributed by atoms with E-state index in [2.05, 4.69) is 100 Å². The standard InChI is InChI=1S/C28H35N7O/c1-19-15-20(2)24-22(16-19)17-23(27(36)29-24)25(26-30-31-32-35(26)28(3,4)5)34-13-11-33(12-14-34)18-21-9-7-6-8-10-21/h6-10,15-17,25H,11-14,18H2,1-5H3,(H,29,36)/t25-/m0/s1. The summed E-state index contributed by atoms with van der Waals surface area (Å²) < 4.78 is 1.86. The van der Waals surface area contributed by atoms with E-state index in [0.717, 1.165) is 49.2 Å². The molecule has 4 aromatic rings. The maximum absolute atomic E-state index is 13.5. The molecular formula is C28H35N7O. The number of aromatic nitrogens is 5. The molecule has 0 amide bonds. The van der Waals surface area contributed by atoms with Crippen LogP contribution in [0.2, 0.25) is 0 Å². The molecule has 0 bridgehead atoms. The highest BCUT2D eigenvalue weighted by Crippen LogP contribution is 2.31. The number of tetrazole rings is 1. The van der Waals surface area contributed by atoms with Gasteiger partial charge in [-0.25, -0.2) is 4.68 Å². The summed E-state index contributed by atoms with van der Waals surface area (Å²) in [4.78, 5) is 21.5. The molecule has 8 heteroatoms. The van der Waals surface area contributed by atoms with E-state index in [1.165, 1.54) is 11.1 Å². The molecule has 0 radical (unpaired) electrons. The van der Waals surface area contributed by atoms with E-state index in [0.29, 0.717) is 11.4 Å². The van der Waals surface area contributed by atoms with Crippen LogP contribution in [0, 0.1) is 13.8 Å². The molecule has 1 aliphatic rings. The molecule has 1 aliphatic heterocycles. The molecule has 8 nitrogen and oxygen atoms in total. The fraction of sp³-hybridized carbons (Fsp3) is 0.429. The van der Waals surface area contributed by atoms with Gasteiger partial charge in [0.25, 0.3) is 5.56 Å². The normalized spacial score (nSPS) is 16.5. The molecule has 2 aromatic heterocycles. The number of benzene rings is 2. The summed E-state index contributed by atoms with van der Waals surface area (Å²) in [6.45, 7) is 14.7. The van der Waals surface area contributed by atoms with Crippen molar-refractivity contribution < 1.29 is 0 Å². The highest BCUT2D eigenvalue weighted by atomic mass is 16.1. The Kier molecular flexibility index (Phi) is 6.49. The number of hydrogen-bond acceptors (Lipinski definition) is 6. The Morgan fingerprint density at radius 1 is 1.00 bits per heavy atom. The van der Waals surface area contributed by atoms with E-state index in [1.807, 2.05) is 17.7 Å². The Hall–Kier alpha value is -3.36. The average Bonchev–Trinajstić information content (AvgIpc) is 3.32. The summed E-state index contributed by atoms with van der Waals surface area (Å²) in [5.74, 6) is 0.702. The molecule has 188 valence electrons. The number of rotatable bonds is 5. The van der Waals surface area contributed by atoms with Crippen LogP contribution in [0.15, 0.2) is 53.3 Å². The molecule has 5 rings (SSSR count). The van der Waals surface area contributed by atoms with E-state index in [-0.39, 0.29) is 17.1 Å². The smallest absolute Gasteiger partial charge is 0.253 e. The van der Waals surface area contributed by atoms with Crippen molar-refractivity contribution >= 4 is 10.9 Å². The van der Waals surface area contributed by atoms with Gasteiger partial charge >= 0.3 is 0 Å². The lowest BCUT2D eigenvalue weighted by Gasteiger charge is -2.39. The number of piperazine rings is 1. The Labute approximate surface area is 211 Å². The predicted octanol–water partition coefficient (Wildman–Crippen LogP) is 3.79. The third-order valence-electron chi connectivity index (χ3n) is 7.01. The first-order valence-electron chi connectivity index (χ1n) is 12.6. The van der Waals surface area contributed by atoms with E-state index < -0.39 is 0 Å². The maximum Gasteiger partial charge on any atom is 0.253 e. The van der Waals surface area contributed by atoms with Crippen molar-refractivity contribution in [2.75, 3.05) is 26.2 Å². The van der Waals surface area contributed by atoms with Crippen molar-refractivity contribution in [3.8, 4) is 0 Å². The zero-order valence-electron chi connectivity index (χ0n) is 21.8. The van der Waals surface area contributed by atoms with Crippen LogP contribution in [-0.2, 0) is 12.1 Å². The summed E-state index contributed by atoms with van der Waals surface area (Å²) in [6.07, 6.45) is 0. The van der Waals surface area contributed by atoms with Gasteiger partial charge in [-0.05, 0) is 73.7 Å². The zero-order chi connectivity index (χ0) is 25.4. The van der Waals surface area contributed by atoms with Crippen molar-refractivity contribution in [1.29, 1.82) is 0 Å². The van der Waals surface area contributed by atoms with Crippen LogP contribution >= 0.6 is 0 Å². The molecule has 1 N–H and O–H groups in total. The second kappa shape index (κ2) is 9.59. The highest BCUT2D eigenvalue weighted by Gasteiger charge is 2.35. The van der Waals surface area contributed by atoms with E-state index in [4.69, 9.17) is 0 Å². The fourth-order valence-corrected chi connectivity index (χ4v) is 5.27. The molecule has 0 saturated carbocycles.